The van der Waals surface area contributed by atoms with E-state index in [0.717, 1.165) is 16.7 Å². The van der Waals surface area contributed by atoms with Gasteiger partial charge in [-0.1, -0.05) is 45.0 Å². The number of aryl methyl sites for hydroxylation is 2. The van der Waals surface area contributed by atoms with Crippen LogP contribution in [0.5, 0.6) is 5.88 Å². The van der Waals surface area contributed by atoms with Crippen LogP contribution in [0.1, 0.15) is 54.4 Å². The van der Waals surface area contributed by atoms with E-state index in [1.54, 1.807) is 41.4 Å². The van der Waals surface area contributed by atoms with E-state index in [1.807, 2.05) is 32.0 Å². The Balaban J connectivity index is 1.58. The Bertz CT molecular complexity index is 2000. The maximum atomic E-state index is 14.5. The van der Waals surface area contributed by atoms with Gasteiger partial charge in [-0.2, -0.15) is 4.98 Å². The quantitative estimate of drug-likeness (QED) is 0.252. The van der Waals surface area contributed by atoms with E-state index in [2.05, 4.69) is 45.8 Å². The Hall–Kier alpha value is -5.31. The minimum atomic E-state index is -4.21. The Morgan fingerprint density at radius 2 is 1.80 bits per heavy atom. The standard InChI is InChI=1S/C36H44N8O6S/c1-23-10-8-11-24(2)32(23)29-17-31-41-34(40-29)42-51(47,48)28-13-9-12-25(16-28)33(45)44(27(22-50-31)18-36(3,4)5)21-26-19-38-20-30(39-26)43(7)14-15-49-35(46)37-6/h8-13,16-17,19-20,27H,14-15,18,21-22H2,1-7H3,(H,37,46)(H,40,41,42)/t27-/m1/s1. The predicted octanol–water partition coefficient (Wildman–Crippen LogP) is 4.98. The number of rotatable bonds is 8. The van der Waals surface area contributed by atoms with Crippen molar-refractivity contribution in [2.24, 2.45) is 5.41 Å². The molecule has 14 nitrogen and oxygen atoms in total. The van der Waals surface area contributed by atoms with Crippen molar-refractivity contribution in [2.75, 3.05) is 43.5 Å². The first kappa shape index (κ1) is 37.0. The van der Waals surface area contributed by atoms with Crippen LogP contribution in [0.2, 0.25) is 0 Å². The Morgan fingerprint density at radius 3 is 2.51 bits per heavy atom. The maximum Gasteiger partial charge on any atom is 0.406 e. The monoisotopic (exact) mass is 716 g/mol. The van der Waals surface area contributed by atoms with E-state index in [4.69, 9.17) is 14.5 Å². The first-order chi connectivity index (χ1) is 24.1. The van der Waals surface area contributed by atoms with Gasteiger partial charge in [0.2, 0.25) is 11.8 Å². The fourth-order valence-electron chi connectivity index (χ4n) is 5.84. The number of amides is 2. The highest BCUT2D eigenvalue weighted by Gasteiger charge is 2.32. The summed E-state index contributed by atoms with van der Waals surface area (Å²) >= 11 is 0. The summed E-state index contributed by atoms with van der Waals surface area (Å²) in [5.74, 6) is 0.113. The van der Waals surface area contributed by atoms with Gasteiger partial charge in [-0.05, 0) is 55.0 Å². The molecule has 0 saturated heterocycles. The summed E-state index contributed by atoms with van der Waals surface area (Å²) in [4.78, 5) is 47.5. The largest absolute Gasteiger partial charge is 0.475 e. The summed E-state index contributed by atoms with van der Waals surface area (Å²) in [6, 6.07) is 12.9. The van der Waals surface area contributed by atoms with Gasteiger partial charge in [0.15, 0.2) is 0 Å². The zero-order chi connectivity index (χ0) is 36.9. The molecule has 5 rings (SSSR count). The molecule has 15 heteroatoms. The van der Waals surface area contributed by atoms with Crippen LogP contribution in [-0.2, 0) is 21.3 Å². The number of nitrogens with one attached hydrogen (secondary N) is 2. The molecule has 0 unspecified atom stereocenters. The van der Waals surface area contributed by atoms with Crippen molar-refractivity contribution in [3.8, 4) is 17.1 Å². The SMILES string of the molecule is CNC(=O)OCCN(C)c1cncc(CN2C(=O)c3cccc(c3)S(=O)(=O)Nc3nc(cc(-c4c(C)cccc4C)n3)OC[C@H]2CC(C)(C)C)n1. The van der Waals surface area contributed by atoms with Crippen LogP contribution in [0, 0.1) is 19.3 Å². The van der Waals surface area contributed by atoms with Gasteiger partial charge >= 0.3 is 6.09 Å². The van der Waals surface area contributed by atoms with Crippen LogP contribution in [-0.4, -0.2) is 85.1 Å². The summed E-state index contributed by atoms with van der Waals surface area (Å²) in [5, 5.41) is 2.41. The molecule has 1 aliphatic heterocycles. The number of carbonyl (C=O) groups is 2. The number of ether oxygens (including phenoxy) is 2. The number of nitrogens with zero attached hydrogens (tertiary/aromatic N) is 6. The highest BCUT2D eigenvalue weighted by atomic mass is 32.2. The summed E-state index contributed by atoms with van der Waals surface area (Å²) in [6.45, 7) is 10.7. The molecule has 0 aliphatic carbocycles. The summed E-state index contributed by atoms with van der Waals surface area (Å²) < 4.78 is 41.4. The molecule has 2 amide bonds. The molecule has 270 valence electrons. The molecule has 2 aromatic carbocycles. The van der Waals surface area contributed by atoms with Crippen molar-refractivity contribution in [3.05, 3.63) is 83.3 Å². The number of aromatic nitrogens is 4. The van der Waals surface area contributed by atoms with Crippen molar-refractivity contribution in [2.45, 2.75) is 58.5 Å². The molecule has 4 bridgehead atoms. The first-order valence-electron chi connectivity index (χ1n) is 16.5. The number of fused-ring (bicyclic) bond motifs is 4. The number of anilines is 2. The number of benzene rings is 2. The lowest BCUT2D eigenvalue weighted by atomic mass is 9.87. The third-order valence-electron chi connectivity index (χ3n) is 8.29. The molecule has 2 N–H and O–H groups in total. The lowest BCUT2D eigenvalue weighted by Crippen LogP contribution is -2.45. The van der Waals surface area contributed by atoms with Gasteiger partial charge in [0.1, 0.15) is 19.0 Å². The summed E-state index contributed by atoms with van der Waals surface area (Å²) in [6.07, 6.45) is 3.16. The van der Waals surface area contributed by atoms with Crippen LogP contribution in [0.3, 0.4) is 0 Å². The number of carbonyl (C=O) groups excluding carboxylic acids is 2. The van der Waals surface area contributed by atoms with E-state index in [0.29, 0.717) is 30.2 Å². The highest BCUT2D eigenvalue weighted by Crippen LogP contribution is 2.31. The first-order valence-corrected chi connectivity index (χ1v) is 18.0. The smallest absolute Gasteiger partial charge is 0.406 e. The van der Waals surface area contributed by atoms with Gasteiger partial charge in [-0.25, -0.2) is 27.9 Å². The lowest BCUT2D eigenvalue weighted by molar-refractivity contribution is 0.0509. The molecule has 1 aliphatic rings. The number of alkyl carbamates (subject to hydrolysis) is 1. The Kier molecular flexibility index (Phi) is 11.1. The number of hydrogen-bond acceptors (Lipinski definition) is 11. The van der Waals surface area contributed by atoms with Crippen LogP contribution < -0.4 is 19.7 Å². The number of hydrogen-bond donors (Lipinski definition) is 2. The van der Waals surface area contributed by atoms with E-state index < -0.39 is 28.1 Å². The van der Waals surface area contributed by atoms with Crippen molar-refractivity contribution in [3.63, 3.8) is 0 Å². The van der Waals surface area contributed by atoms with Crippen LogP contribution in [0.25, 0.3) is 11.3 Å². The minimum Gasteiger partial charge on any atom is -0.475 e. The second kappa shape index (κ2) is 15.3. The number of likely N-dealkylation sites (N-methyl/N-ethyl adjacent to an activating group) is 1. The molecule has 2 aromatic heterocycles. The molecule has 0 fully saturated rings. The lowest BCUT2D eigenvalue weighted by Gasteiger charge is -2.35. The van der Waals surface area contributed by atoms with Gasteiger partial charge in [0, 0.05) is 31.3 Å². The minimum absolute atomic E-state index is 0.0436. The van der Waals surface area contributed by atoms with Gasteiger partial charge in [-0.15, -0.1) is 0 Å². The van der Waals surface area contributed by atoms with E-state index in [1.165, 1.54) is 25.2 Å². The zero-order valence-corrected chi connectivity index (χ0v) is 30.7. The molecular formula is C36H44N8O6S. The molecule has 1 atom stereocenters. The van der Waals surface area contributed by atoms with Gasteiger partial charge in [-0.3, -0.25) is 9.78 Å². The second-order valence-electron chi connectivity index (χ2n) is 13.7. The Morgan fingerprint density at radius 1 is 1.08 bits per heavy atom. The molecule has 0 spiro atoms. The molecule has 51 heavy (non-hydrogen) atoms. The summed E-state index contributed by atoms with van der Waals surface area (Å²) in [5.41, 5.74) is 3.66. The fraction of sp³-hybridized carbons (Fsp3) is 0.389. The van der Waals surface area contributed by atoms with Crippen molar-refractivity contribution >= 4 is 33.8 Å². The molecule has 3 heterocycles. The van der Waals surface area contributed by atoms with Crippen molar-refractivity contribution < 1.29 is 27.5 Å². The highest BCUT2D eigenvalue weighted by molar-refractivity contribution is 7.92. The average molecular weight is 717 g/mol. The molecule has 4 aromatic rings. The van der Waals surface area contributed by atoms with Crippen LogP contribution >= 0.6 is 0 Å². The van der Waals surface area contributed by atoms with E-state index in [-0.39, 0.29) is 47.5 Å². The van der Waals surface area contributed by atoms with Crippen LogP contribution in [0.15, 0.2) is 65.8 Å². The average Bonchev–Trinajstić information content (AvgIpc) is 3.08. The predicted molar refractivity (Wildman–Crippen MR) is 193 cm³/mol. The van der Waals surface area contributed by atoms with E-state index >= 15 is 0 Å². The van der Waals surface area contributed by atoms with Gasteiger partial charge in [0.25, 0.3) is 15.9 Å². The topological polar surface area (TPSA) is 169 Å². The normalized spacial score (nSPS) is 15.7. The maximum absolute atomic E-state index is 14.5. The second-order valence-corrected chi connectivity index (χ2v) is 15.3. The Labute approximate surface area is 298 Å². The van der Waals surface area contributed by atoms with E-state index in [9.17, 15) is 18.0 Å². The summed E-state index contributed by atoms with van der Waals surface area (Å²) in [7, 11) is -0.932. The van der Waals surface area contributed by atoms with Crippen LogP contribution in [0.4, 0.5) is 16.6 Å². The third kappa shape index (κ3) is 9.28. The van der Waals surface area contributed by atoms with Crippen molar-refractivity contribution in [1.82, 2.24) is 30.2 Å². The third-order valence-corrected chi connectivity index (χ3v) is 9.62. The number of sulfonamides is 1. The van der Waals surface area contributed by atoms with Gasteiger partial charge in [0.05, 0.1) is 47.8 Å². The fourth-order valence-corrected chi connectivity index (χ4v) is 6.83. The van der Waals surface area contributed by atoms with Gasteiger partial charge < -0.3 is 24.6 Å². The molecule has 0 radical (unpaired) electrons. The zero-order valence-electron chi connectivity index (χ0n) is 29.9. The van der Waals surface area contributed by atoms with Crippen molar-refractivity contribution in [1.29, 1.82) is 0 Å². The molecular weight excluding hydrogens is 673 g/mol. The molecule has 0 saturated carbocycles.